The molecular formula is C30H33N5OS. The number of hydrogen-bond donors (Lipinski definition) is 1. The highest BCUT2D eigenvalue weighted by Gasteiger charge is 2.42. The second-order valence-electron chi connectivity index (χ2n) is 9.50. The van der Waals surface area contributed by atoms with Gasteiger partial charge >= 0.3 is 0 Å². The largest absolute Gasteiger partial charge is 0.494 e. The lowest BCUT2D eigenvalue weighted by Gasteiger charge is -2.28. The molecule has 0 aliphatic carbocycles. The van der Waals surface area contributed by atoms with E-state index in [1.165, 1.54) is 22.6 Å². The van der Waals surface area contributed by atoms with Crippen LogP contribution in [0.5, 0.6) is 5.75 Å². The van der Waals surface area contributed by atoms with E-state index in [1.807, 2.05) is 37.4 Å². The molecule has 7 heteroatoms. The van der Waals surface area contributed by atoms with Crippen molar-refractivity contribution in [2.45, 2.75) is 32.9 Å². The minimum atomic E-state index is -0.0923. The van der Waals surface area contributed by atoms with Crippen LogP contribution in [0.3, 0.4) is 0 Å². The quantitative estimate of drug-likeness (QED) is 0.301. The van der Waals surface area contributed by atoms with Gasteiger partial charge < -0.3 is 24.4 Å². The number of nitrogens with one attached hydrogen (secondary N) is 1. The third-order valence-electron chi connectivity index (χ3n) is 6.94. The van der Waals surface area contributed by atoms with E-state index in [0.29, 0.717) is 11.7 Å². The highest BCUT2D eigenvalue weighted by atomic mass is 32.1. The lowest BCUT2D eigenvalue weighted by molar-refractivity contribution is 0.340. The van der Waals surface area contributed by atoms with E-state index in [4.69, 9.17) is 21.9 Å². The summed E-state index contributed by atoms with van der Waals surface area (Å²) in [4.78, 5) is 9.03. The summed E-state index contributed by atoms with van der Waals surface area (Å²) in [5, 5.41) is 4.26. The van der Waals surface area contributed by atoms with Crippen molar-refractivity contribution < 1.29 is 4.74 Å². The van der Waals surface area contributed by atoms with Gasteiger partial charge in [-0.2, -0.15) is 0 Å². The van der Waals surface area contributed by atoms with Crippen molar-refractivity contribution in [3.05, 3.63) is 102 Å². The molecule has 0 amide bonds. The van der Waals surface area contributed by atoms with Crippen LogP contribution >= 0.6 is 12.2 Å². The van der Waals surface area contributed by atoms with Crippen molar-refractivity contribution in [1.82, 2.24) is 14.9 Å². The molecule has 1 aliphatic rings. The van der Waals surface area contributed by atoms with Gasteiger partial charge in [-0.05, 0) is 105 Å². The Hall–Kier alpha value is -3.84. The van der Waals surface area contributed by atoms with Crippen LogP contribution < -0.4 is 19.9 Å². The van der Waals surface area contributed by atoms with Crippen LogP contribution in [0.2, 0.25) is 0 Å². The summed E-state index contributed by atoms with van der Waals surface area (Å²) in [6.07, 6.45) is 1.84. The van der Waals surface area contributed by atoms with Gasteiger partial charge in [0.15, 0.2) is 5.11 Å². The van der Waals surface area contributed by atoms with E-state index in [0.717, 1.165) is 22.8 Å². The van der Waals surface area contributed by atoms with Crippen LogP contribution in [-0.2, 0) is 0 Å². The van der Waals surface area contributed by atoms with Crippen molar-refractivity contribution in [2.24, 2.45) is 0 Å². The maximum atomic E-state index is 5.92. The monoisotopic (exact) mass is 511 g/mol. The van der Waals surface area contributed by atoms with Crippen molar-refractivity contribution in [3.8, 4) is 11.4 Å². The highest BCUT2D eigenvalue weighted by Crippen LogP contribution is 2.44. The number of nitrogens with zero attached hydrogens (tertiary/aromatic N) is 4. The van der Waals surface area contributed by atoms with Crippen LogP contribution in [-0.4, -0.2) is 35.4 Å². The molecule has 0 bridgehead atoms. The number of aryl methyl sites for hydroxylation is 1. The smallest absolute Gasteiger partial charge is 0.174 e. The SMILES string of the molecule is CCOc1ccc(N2C(=S)N[C@@H](c3ccccn3)[C@@H]2c2cc(C)n(-c3ccc(N(C)C)cc3)c2C)cc1. The van der Waals surface area contributed by atoms with E-state index in [2.05, 4.69) is 96.2 Å². The molecule has 1 aliphatic heterocycles. The first-order chi connectivity index (χ1) is 17.9. The van der Waals surface area contributed by atoms with Crippen LogP contribution in [0.25, 0.3) is 5.69 Å². The van der Waals surface area contributed by atoms with Crippen molar-refractivity contribution in [1.29, 1.82) is 0 Å². The number of ether oxygens (including phenoxy) is 1. The second-order valence-corrected chi connectivity index (χ2v) is 9.88. The molecule has 1 fully saturated rings. The number of hydrogen-bond acceptors (Lipinski definition) is 4. The molecule has 2 aromatic heterocycles. The van der Waals surface area contributed by atoms with E-state index in [9.17, 15) is 0 Å². The van der Waals surface area contributed by atoms with Crippen molar-refractivity contribution in [2.75, 3.05) is 30.5 Å². The Morgan fingerprint density at radius 3 is 2.30 bits per heavy atom. The lowest BCUT2D eigenvalue weighted by atomic mass is 9.96. The van der Waals surface area contributed by atoms with Crippen LogP contribution in [0, 0.1) is 13.8 Å². The molecule has 2 atom stereocenters. The molecule has 2 aromatic carbocycles. The Labute approximate surface area is 224 Å². The Morgan fingerprint density at radius 2 is 1.68 bits per heavy atom. The van der Waals surface area contributed by atoms with Gasteiger partial charge in [0.05, 0.1) is 24.4 Å². The summed E-state index contributed by atoms with van der Waals surface area (Å²) in [5.41, 5.74) is 7.87. The lowest BCUT2D eigenvalue weighted by Crippen LogP contribution is -2.29. The molecule has 6 nitrogen and oxygen atoms in total. The summed E-state index contributed by atoms with van der Waals surface area (Å²) in [6, 6.07) is 25.0. The zero-order valence-corrected chi connectivity index (χ0v) is 22.8. The molecule has 190 valence electrons. The Kier molecular flexibility index (Phi) is 6.89. The van der Waals surface area contributed by atoms with Crippen LogP contribution in [0.1, 0.15) is 41.7 Å². The summed E-state index contributed by atoms with van der Waals surface area (Å²) < 4.78 is 8.00. The number of rotatable bonds is 7. The van der Waals surface area contributed by atoms with Crippen molar-refractivity contribution >= 4 is 28.7 Å². The van der Waals surface area contributed by atoms with Gasteiger partial charge in [0, 0.05) is 48.7 Å². The van der Waals surface area contributed by atoms with Gasteiger partial charge in [-0.1, -0.05) is 6.07 Å². The van der Waals surface area contributed by atoms with Gasteiger partial charge in [0.1, 0.15) is 5.75 Å². The minimum absolute atomic E-state index is 0.0682. The summed E-state index contributed by atoms with van der Waals surface area (Å²) in [7, 11) is 4.12. The molecule has 1 saturated heterocycles. The first kappa shape index (κ1) is 24.8. The number of pyridine rings is 1. The third kappa shape index (κ3) is 4.67. The van der Waals surface area contributed by atoms with E-state index < -0.39 is 0 Å². The Balaban J connectivity index is 1.61. The fourth-order valence-corrected chi connectivity index (χ4v) is 5.55. The number of aromatic nitrogens is 2. The van der Waals surface area contributed by atoms with Crippen molar-refractivity contribution in [3.63, 3.8) is 0 Å². The first-order valence-corrected chi connectivity index (χ1v) is 13.0. The predicted octanol–water partition coefficient (Wildman–Crippen LogP) is 6.13. The Morgan fingerprint density at radius 1 is 0.973 bits per heavy atom. The summed E-state index contributed by atoms with van der Waals surface area (Å²) >= 11 is 5.92. The molecule has 0 unspecified atom stereocenters. The summed E-state index contributed by atoms with van der Waals surface area (Å²) in [5.74, 6) is 0.849. The molecule has 4 aromatic rings. The molecule has 3 heterocycles. The van der Waals surface area contributed by atoms with Gasteiger partial charge in [-0.3, -0.25) is 4.98 Å². The summed E-state index contributed by atoms with van der Waals surface area (Å²) in [6.45, 7) is 6.98. The minimum Gasteiger partial charge on any atom is -0.494 e. The molecular weight excluding hydrogens is 478 g/mol. The molecule has 0 spiro atoms. The average Bonchev–Trinajstić information content (AvgIpc) is 3.40. The van der Waals surface area contributed by atoms with Crippen LogP contribution in [0.15, 0.2) is 79.0 Å². The van der Waals surface area contributed by atoms with Gasteiger partial charge in [0.25, 0.3) is 0 Å². The Bertz CT molecular complexity index is 1380. The maximum Gasteiger partial charge on any atom is 0.174 e. The highest BCUT2D eigenvalue weighted by molar-refractivity contribution is 7.80. The van der Waals surface area contributed by atoms with Gasteiger partial charge in [-0.25, -0.2) is 0 Å². The molecule has 0 saturated carbocycles. The average molecular weight is 512 g/mol. The predicted molar refractivity (Wildman–Crippen MR) is 155 cm³/mol. The number of benzene rings is 2. The fourth-order valence-electron chi connectivity index (χ4n) is 5.20. The molecule has 1 N–H and O–H groups in total. The second kappa shape index (κ2) is 10.3. The topological polar surface area (TPSA) is 45.6 Å². The number of anilines is 2. The van der Waals surface area contributed by atoms with E-state index >= 15 is 0 Å². The normalized spacial score (nSPS) is 17.1. The standard InChI is InChI=1S/C30H33N5OS/c1-6-36-25-16-14-24(15-17-25)35-29(28(32-30(35)37)27-9-7-8-18-31-27)26-19-20(2)34(21(26)3)23-12-10-22(11-13-23)33(4)5/h7-19,28-29H,6H2,1-5H3,(H,32,37)/t28-,29-/m0/s1. The zero-order valence-electron chi connectivity index (χ0n) is 22.0. The fraction of sp³-hybridized carbons (Fsp3) is 0.267. The third-order valence-corrected chi connectivity index (χ3v) is 7.25. The van der Waals surface area contributed by atoms with Gasteiger partial charge in [0.2, 0.25) is 0 Å². The molecule has 37 heavy (non-hydrogen) atoms. The van der Waals surface area contributed by atoms with E-state index in [-0.39, 0.29) is 12.1 Å². The zero-order chi connectivity index (χ0) is 26.1. The maximum absolute atomic E-state index is 5.92. The van der Waals surface area contributed by atoms with Gasteiger partial charge in [-0.15, -0.1) is 0 Å². The molecule has 0 radical (unpaired) electrons. The van der Waals surface area contributed by atoms with E-state index in [1.54, 1.807) is 0 Å². The first-order valence-electron chi connectivity index (χ1n) is 12.6. The molecule has 5 rings (SSSR count). The van der Waals surface area contributed by atoms with Crippen LogP contribution in [0.4, 0.5) is 11.4 Å². The number of thiocarbonyl (C=S) groups is 1.